The van der Waals surface area contributed by atoms with E-state index in [9.17, 15) is 5.11 Å². The van der Waals surface area contributed by atoms with Gasteiger partial charge in [-0.2, -0.15) is 0 Å². The van der Waals surface area contributed by atoms with Crippen molar-refractivity contribution in [1.82, 2.24) is 19.4 Å². The van der Waals surface area contributed by atoms with Gasteiger partial charge in [-0.1, -0.05) is 12.1 Å². The van der Waals surface area contributed by atoms with Crippen LogP contribution in [0.5, 0.6) is 0 Å². The van der Waals surface area contributed by atoms with Gasteiger partial charge in [-0.05, 0) is 39.3 Å². The Morgan fingerprint density at radius 2 is 2.00 bits per heavy atom. The summed E-state index contributed by atoms with van der Waals surface area (Å²) in [6, 6.07) is 9.81. The summed E-state index contributed by atoms with van der Waals surface area (Å²) < 4.78 is 2.37. The fourth-order valence-corrected chi connectivity index (χ4v) is 4.46. The van der Waals surface area contributed by atoms with Crippen LogP contribution in [0.1, 0.15) is 39.1 Å². The SMILES string of the molecule is CC(C)n1c(CN2CC3C[C@@H](O)CN3C[C@H]2C)nc2ccccc21. The van der Waals surface area contributed by atoms with Gasteiger partial charge >= 0.3 is 0 Å². The molecule has 0 amide bonds. The highest BCUT2D eigenvalue weighted by molar-refractivity contribution is 5.76. The van der Waals surface area contributed by atoms with E-state index in [1.165, 1.54) is 5.52 Å². The van der Waals surface area contributed by atoms with E-state index >= 15 is 0 Å². The van der Waals surface area contributed by atoms with Gasteiger partial charge in [0.15, 0.2) is 0 Å². The standard InChI is InChI=1S/C19H28N4O/c1-13(2)23-18-7-5-4-6-17(18)20-19(23)12-21-10-15-8-16(24)11-22(15)9-14(21)3/h4-7,13-16,24H,8-12H2,1-3H3/t14-,15?,16-/m1/s1. The third-order valence-corrected chi connectivity index (χ3v) is 5.60. The first-order valence-corrected chi connectivity index (χ1v) is 9.15. The molecule has 24 heavy (non-hydrogen) atoms. The molecule has 0 saturated carbocycles. The number of fused-ring (bicyclic) bond motifs is 2. The maximum Gasteiger partial charge on any atom is 0.124 e. The second kappa shape index (κ2) is 6.14. The molecule has 2 fully saturated rings. The van der Waals surface area contributed by atoms with Crippen molar-refractivity contribution in [2.75, 3.05) is 19.6 Å². The summed E-state index contributed by atoms with van der Waals surface area (Å²) >= 11 is 0. The number of aliphatic hydroxyl groups excluding tert-OH is 1. The average molecular weight is 328 g/mol. The summed E-state index contributed by atoms with van der Waals surface area (Å²) in [7, 11) is 0. The first-order valence-electron chi connectivity index (χ1n) is 9.15. The zero-order chi connectivity index (χ0) is 16.8. The van der Waals surface area contributed by atoms with Crippen molar-refractivity contribution in [2.24, 2.45) is 0 Å². The molecule has 1 N–H and O–H groups in total. The molecular formula is C19H28N4O. The van der Waals surface area contributed by atoms with Crippen molar-refractivity contribution in [2.45, 2.75) is 58.0 Å². The largest absolute Gasteiger partial charge is 0.392 e. The lowest BCUT2D eigenvalue weighted by Gasteiger charge is -2.42. The Hall–Kier alpha value is -1.43. The molecule has 0 aliphatic carbocycles. The van der Waals surface area contributed by atoms with Crippen LogP contribution in [0.4, 0.5) is 0 Å². The predicted octanol–water partition coefficient (Wildman–Crippen LogP) is 2.26. The molecule has 1 unspecified atom stereocenters. The molecule has 2 aromatic rings. The normalized spacial score (nSPS) is 28.8. The van der Waals surface area contributed by atoms with Crippen LogP contribution in [-0.4, -0.2) is 62.3 Å². The highest BCUT2D eigenvalue weighted by atomic mass is 16.3. The maximum atomic E-state index is 9.96. The summed E-state index contributed by atoms with van der Waals surface area (Å²) in [5, 5.41) is 9.96. The Labute approximate surface area is 143 Å². The Morgan fingerprint density at radius 3 is 2.79 bits per heavy atom. The third-order valence-electron chi connectivity index (χ3n) is 5.60. The molecule has 0 bridgehead atoms. The number of aromatic nitrogens is 2. The minimum atomic E-state index is -0.151. The van der Waals surface area contributed by atoms with Crippen molar-refractivity contribution in [3.05, 3.63) is 30.1 Å². The molecule has 2 aliphatic rings. The van der Waals surface area contributed by atoms with Crippen LogP contribution in [-0.2, 0) is 6.54 Å². The van der Waals surface area contributed by atoms with Gasteiger partial charge in [-0.25, -0.2) is 4.98 Å². The lowest BCUT2D eigenvalue weighted by molar-refractivity contribution is 0.0503. The monoisotopic (exact) mass is 328 g/mol. The van der Waals surface area contributed by atoms with E-state index in [1.807, 2.05) is 0 Å². The van der Waals surface area contributed by atoms with Crippen LogP contribution < -0.4 is 0 Å². The summed E-state index contributed by atoms with van der Waals surface area (Å²) in [5.74, 6) is 1.16. The molecule has 1 aromatic carbocycles. The first-order chi connectivity index (χ1) is 11.5. The van der Waals surface area contributed by atoms with Gasteiger partial charge in [0.05, 0.1) is 23.7 Å². The fourth-order valence-electron chi connectivity index (χ4n) is 4.46. The molecule has 0 radical (unpaired) electrons. The van der Waals surface area contributed by atoms with Crippen LogP contribution in [0, 0.1) is 0 Å². The van der Waals surface area contributed by atoms with Crippen LogP contribution >= 0.6 is 0 Å². The molecule has 5 heteroatoms. The van der Waals surface area contributed by atoms with Crippen molar-refractivity contribution >= 4 is 11.0 Å². The number of para-hydroxylation sites is 2. The van der Waals surface area contributed by atoms with Gasteiger partial charge in [-0.15, -0.1) is 0 Å². The molecule has 2 saturated heterocycles. The van der Waals surface area contributed by atoms with E-state index in [4.69, 9.17) is 4.98 Å². The van der Waals surface area contributed by atoms with Crippen LogP contribution in [0.15, 0.2) is 24.3 Å². The van der Waals surface area contributed by atoms with Crippen LogP contribution in [0.25, 0.3) is 11.0 Å². The zero-order valence-electron chi connectivity index (χ0n) is 14.9. The van der Waals surface area contributed by atoms with Crippen molar-refractivity contribution in [3.8, 4) is 0 Å². The lowest BCUT2D eigenvalue weighted by Crippen LogP contribution is -2.54. The van der Waals surface area contributed by atoms with Gasteiger partial charge in [0.2, 0.25) is 0 Å². The Bertz CT molecular complexity index is 725. The van der Waals surface area contributed by atoms with Crippen molar-refractivity contribution < 1.29 is 5.11 Å². The minimum Gasteiger partial charge on any atom is -0.392 e. The van der Waals surface area contributed by atoms with E-state index in [-0.39, 0.29) is 6.10 Å². The summed E-state index contributed by atoms with van der Waals surface area (Å²) in [6.07, 6.45) is 0.756. The summed E-state index contributed by atoms with van der Waals surface area (Å²) in [5.41, 5.74) is 2.31. The second-order valence-corrected chi connectivity index (χ2v) is 7.76. The van der Waals surface area contributed by atoms with Crippen LogP contribution in [0.3, 0.4) is 0 Å². The number of imidazole rings is 1. The van der Waals surface area contributed by atoms with Gasteiger partial charge < -0.3 is 9.67 Å². The molecule has 130 valence electrons. The Kier molecular flexibility index (Phi) is 4.11. The Balaban J connectivity index is 1.61. The van der Waals surface area contributed by atoms with Gasteiger partial charge in [0.25, 0.3) is 0 Å². The Morgan fingerprint density at radius 1 is 1.21 bits per heavy atom. The number of rotatable bonds is 3. The topological polar surface area (TPSA) is 44.5 Å². The molecule has 3 atom stereocenters. The molecular weight excluding hydrogens is 300 g/mol. The van der Waals surface area contributed by atoms with Crippen molar-refractivity contribution in [1.29, 1.82) is 0 Å². The van der Waals surface area contributed by atoms with E-state index in [0.29, 0.717) is 18.1 Å². The first kappa shape index (κ1) is 16.1. The summed E-state index contributed by atoms with van der Waals surface area (Å²) in [6.45, 7) is 10.5. The number of nitrogens with zero attached hydrogens (tertiary/aromatic N) is 4. The minimum absolute atomic E-state index is 0.151. The molecule has 4 rings (SSSR count). The van der Waals surface area contributed by atoms with E-state index in [0.717, 1.165) is 43.9 Å². The van der Waals surface area contributed by atoms with Gasteiger partial charge in [0.1, 0.15) is 5.82 Å². The van der Waals surface area contributed by atoms with Crippen molar-refractivity contribution in [3.63, 3.8) is 0 Å². The quantitative estimate of drug-likeness (QED) is 0.939. The maximum absolute atomic E-state index is 9.96. The van der Waals surface area contributed by atoms with E-state index in [2.05, 4.69) is 59.4 Å². The second-order valence-electron chi connectivity index (χ2n) is 7.76. The van der Waals surface area contributed by atoms with Gasteiger partial charge in [0, 0.05) is 37.8 Å². The highest BCUT2D eigenvalue weighted by Crippen LogP contribution is 2.28. The van der Waals surface area contributed by atoms with Gasteiger partial charge in [-0.3, -0.25) is 9.80 Å². The number of piperazine rings is 1. The fraction of sp³-hybridized carbons (Fsp3) is 0.632. The number of hydrogen-bond acceptors (Lipinski definition) is 4. The number of aliphatic hydroxyl groups is 1. The smallest absolute Gasteiger partial charge is 0.124 e. The van der Waals surface area contributed by atoms with Crippen LogP contribution in [0.2, 0.25) is 0 Å². The van der Waals surface area contributed by atoms with E-state index < -0.39 is 0 Å². The lowest BCUT2D eigenvalue weighted by atomic mass is 10.1. The molecule has 5 nitrogen and oxygen atoms in total. The van der Waals surface area contributed by atoms with E-state index in [1.54, 1.807) is 0 Å². The zero-order valence-corrected chi connectivity index (χ0v) is 14.9. The number of benzene rings is 1. The average Bonchev–Trinajstić information content (AvgIpc) is 3.06. The predicted molar refractivity (Wildman–Crippen MR) is 96.0 cm³/mol. The molecule has 1 aromatic heterocycles. The highest BCUT2D eigenvalue weighted by Gasteiger charge is 2.38. The molecule has 3 heterocycles. The summed E-state index contributed by atoms with van der Waals surface area (Å²) in [4.78, 5) is 9.92. The number of hydrogen-bond donors (Lipinski definition) is 1. The molecule has 0 spiro atoms. The third kappa shape index (κ3) is 2.75. The molecule has 2 aliphatic heterocycles.